The van der Waals surface area contributed by atoms with E-state index in [-0.39, 0.29) is 12.5 Å². The Morgan fingerprint density at radius 2 is 1.76 bits per heavy atom. The van der Waals surface area contributed by atoms with Gasteiger partial charge in [-0.3, -0.25) is 4.79 Å². The summed E-state index contributed by atoms with van der Waals surface area (Å²) in [6, 6.07) is 21.3. The quantitative estimate of drug-likeness (QED) is 0.392. The Balaban J connectivity index is 1.46. The van der Waals surface area contributed by atoms with Gasteiger partial charge >= 0.3 is 0 Å². The number of para-hydroxylation sites is 2. The molecule has 1 heterocycles. The third-order valence-corrected chi connectivity index (χ3v) is 5.89. The molecule has 7 heteroatoms. The standard InChI is InChI=1S/C26H26ClN3O3/c1-32-23-12-11-18(15-24(23)33-2)13-14-28-26(31)17-30-22-10-6-5-9-21(22)29-25(30)16-19-7-3-4-8-20(19)27/h3-12,15H,13-14,16-17H2,1-2H3,(H,28,31). The number of hydrogen-bond acceptors (Lipinski definition) is 4. The first-order valence-electron chi connectivity index (χ1n) is 10.7. The smallest absolute Gasteiger partial charge is 0.240 e. The highest BCUT2D eigenvalue weighted by atomic mass is 35.5. The lowest BCUT2D eigenvalue weighted by Gasteiger charge is -2.12. The van der Waals surface area contributed by atoms with Crippen molar-refractivity contribution in [3.8, 4) is 11.5 Å². The van der Waals surface area contributed by atoms with Gasteiger partial charge < -0.3 is 19.4 Å². The van der Waals surface area contributed by atoms with E-state index >= 15 is 0 Å². The van der Waals surface area contributed by atoms with Crippen molar-refractivity contribution in [1.29, 1.82) is 0 Å². The third kappa shape index (κ3) is 5.29. The highest BCUT2D eigenvalue weighted by Gasteiger charge is 2.15. The molecular weight excluding hydrogens is 438 g/mol. The monoisotopic (exact) mass is 463 g/mol. The topological polar surface area (TPSA) is 65.4 Å². The average Bonchev–Trinajstić information content (AvgIpc) is 3.17. The zero-order valence-electron chi connectivity index (χ0n) is 18.7. The van der Waals surface area contributed by atoms with Crippen LogP contribution in [0, 0.1) is 0 Å². The molecule has 0 unspecified atom stereocenters. The van der Waals surface area contributed by atoms with E-state index in [1.807, 2.05) is 71.3 Å². The molecule has 0 atom stereocenters. The number of hydrogen-bond donors (Lipinski definition) is 1. The van der Waals surface area contributed by atoms with Gasteiger partial charge in [-0.05, 0) is 47.9 Å². The Kier molecular flexibility index (Phi) is 7.15. The molecule has 0 aliphatic heterocycles. The van der Waals surface area contributed by atoms with Crippen molar-refractivity contribution in [2.24, 2.45) is 0 Å². The highest BCUT2D eigenvalue weighted by Crippen LogP contribution is 2.27. The van der Waals surface area contributed by atoms with Gasteiger partial charge in [-0.2, -0.15) is 0 Å². The van der Waals surface area contributed by atoms with Crippen molar-refractivity contribution in [2.75, 3.05) is 20.8 Å². The van der Waals surface area contributed by atoms with Crippen LogP contribution in [0.2, 0.25) is 5.02 Å². The zero-order valence-corrected chi connectivity index (χ0v) is 19.4. The lowest BCUT2D eigenvalue weighted by Crippen LogP contribution is -2.30. The molecule has 0 saturated heterocycles. The van der Waals surface area contributed by atoms with Gasteiger partial charge in [0.05, 0.1) is 25.3 Å². The summed E-state index contributed by atoms with van der Waals surface area (Å²) in [7, 11) is 3.22. The van der Waals surface area contributed by atoms with E-state index in [2.05, 4.69) is 5.32 Å². The number of amides is 1. The number of imidazole rings is 1. The Bertz CT molecular complexity index is 1270. The van der Waals surface area contributed by atoms with Crippen LogP contribution in [0.4, 0.5) is 0 Å². The van der Waals surface area contributed by atoms with Crippen molar-refractivity contribution in [1.82, 2.24) is 14.9 Å². The van der Waals surface area contributed by atoms with E-state index in [1.165, 1.54) is 0 Å². The fraction of sp³-hybridized carbons (Fsp3) is 0.231. The molecule has 4 rings (SSSR count). The predicted molar refractivity (Wildman–Crippen MR) is 130 cm³/mol. The van der Waals surface area contributed by atoms with Crippen LogP contribution in [0.1, 0.15) is 17.0 Å². The second kappa shape index (κ2) is 10.4. The Morgan fingerprint density at radius 3 is 2.55 bits per heavy atom. The second-order valence-electron chi connectivity index (χ2n) is 7.66. The number of carbonyl (C=O) groups is 1. The zero-order chi connectivity index (χ0) is 23.2. The summed E-state index contributed by atoms with van der Waals surface area (Å²) in [5.74, 6) is 2.09. The number of rotatable bonds is 9. The van der Waals surface area contributed by atoms with Crippen LogP contribution in [0.3, 0.4) is 0 Å². The number of ether oxygens (including phenoxy) is 2. The molecular formula is C26H26ClN3O3. The Labute approximate surface area is 198 Å². The van der Waals surface area contributed by atoms with Crippen LogP contribution in [0.15, 0.2) is 66.7 Å². The van der Waals surface area contributed by atoms with Gasteiger partial charge in [-0.15, -0.1) is 0 Å². The van der Waals surface area contributed by atoms with Crippen molar-refractivity contribution in [3.05, 3.63) is 88.7 Å². The van der Waals surface area contributed by atoms with Crippen LogP contribution < -0.4 is 14.8 Å². The second-order valence-corrected chi connectivity index (χ2v) is 8.07. The summed E-state index contributed by atoms with van der Waals surface area (Å²) in [6.07, 6.45) is 1.23. The normalized spacial score (nSPS) is 10.9. The van der Waals surface area contributed by atoms with Gasteiger partial charge in [0, 0.05) is 18.0 Å². The number of nitrogens with zero attached hydrogens (tertiary/aromatic N) is 2. The molecule has 6 nitrogen and oxygen atoms in total. The molecule has 0 fully saturated rings. The molecule has 3 aromatic carbocycles. The first-order valence-corrected chi connectivity index (χ1v) is 11.1. The first kappa shape index (κ1) is 22.7. The van der Waals surface area contributed by atoms with Gasteiger partial charge in [0.2, 0.25) is 5.91 Å². The molecule has 170 valence electrons. The summed E-state index contributed by atoms with van der Waals surface area (Å²) in [4.78, 5) is 17.6. The van der Waals surface area contributed by atoms with E-state index in [4.69, 9.17) is 26.1 Å². The summed E-state index contributed by atoms with van der Waals surface area (Å²) in [6.45, 7) is 0.701. The SMILES string of the molecule is COc1ccc(CCNC(=O)Cn2c(Cc3ccccc3Cl)nc3ccccc32)cc1OC. The molecule has 1 amide bonds. The number of nitrogens with one attached hydrogen (secondary N) is 1. The molecule has 1 N–H and O–H groups in total. The van der Waals surface area contributed by atoms with Crippen LogP contribution >= 0.6 is 11.6 Å². The largest absolute Gasteiger partial charge is 0.493 e. The predicted octanol–water partition coefficient (Wildman–Crippen LogP) is 4.66. The van der Waals surface area contributed by atoms with E-state index in [9.17, 15) is 4.79 Å². The number of methoxy groups -OCH3 is 2. The number of aromatic nitrogens is 2. The van der Waals surface area contributed by atoms with Gasteiger partial charge in [0.15, 0.2) is 11.5 Å². The van der Waals surface area contributed by atoms with Crippen molar-refractivity contribution < 1.29 is 14.3 Å². The van der Waals surface area contributed by atoms with E-state index in [1.54, 1.807) is 14.2 Å². The van der Waals surface area contributed by atoms with Crippen LogP contribution in [0.25, 0.3) is 11.0 Å². The fourth-order valence-electron chi connectivity index (χ4n) is 3.83. The molecule has 0 aliphatic rings. The number of carbonyl (C=O) groups excluding carboxylic acids is 1. The van der Waals surface area contributed by atoms with Gasteiger partial charge in [-0.1, -0.05) is 48.0 Å². The number of fused-ring (bicyclic) bond motifs is 1. The fourth-order valence-corrected chi connectivity index (χ4v) is 4.03. The summed E-state index contributed by atoms with van der Waals surface area (Å²) < 4.78 is 12.6. The van der Waals surface area contributed by atoms with Crippen LogP contribution in [-0.4, -0.2) is 36.2 Å². The van der Waals surface area contributed by atoms with Gasteiger partial charge in [-0.25, -0.2) is 4.98 Å². The minimum absolute atomic E-state index is 0.0703. The van der Waals surface area contributed by atoms with E-state index in [0.717, 1.165) is 28.0 Å². The lowest BCUT2D eigenvalue weighted by molar-refractivity contribution is -0.121. The minimum atomic E-state index is -0.0703. The highest BCUT2D eigenvalue weighted by molar-refractivity contribution is 6.31. The summed E-state index contributed by atoms with van der Waals surface area (Å²) in [5, 5.41) is 3.71. The minimum Gasteiger partial charge on any atom is -0.493 e. The molecule has 0 spiro atoms. The molecule has 0 radical (unpaired) electrons. The summed E-state index contributed by atoms with van der Waals surface area (Å²) >= 11 is 6.37. The number of halogens is 1. The molecule has 0 saturated carbocycles. The van der Waals surface area contributed by atoms with E-state index < -0.39 is 0 Å². The average molecular weight is 464 g/mol. The molecule has 1 aromatic heterocycles. The van der Waals surface area contributed by atoms with Gasteiger partial charge in [0.25, 0.3) is 0 Å². The van der Waals surface area contributed by atoms with Crippen molar-refractivity contribution >= 4 is 28.5 Å². The lowest BCUT2D eigenvalue weighted by atomic mass is 10.1. The Morgan fingerprint density at radius 1 is 1.00 bits per heavy atom. The van der Waals surface area contributed by atoms with Gasteiger partial charge in [0.1, 0.15) is 12.4 Å². The van der Waals surface area contributed by atoms with Crippen molar-refractivity contribution in [3.63, 3.8) is 0 Å². The van der Waals surface area contributed by atoms with Crippen LogP contribution in [0.5, 0.6) is 11.5 Å². The molecule has 33 heavy (non-hydrogen) atoms. The molecule has 0 bridgehead atoms. The third-order valence-electron chi connectivity index (χ3n) is 5.53. The number of benzene rings is 3. The van der Waals surface area contributed by atoms with Crippen LogP contribution in [-0.2, 0) is 24.2 Å². The molecule has 0 aliphatic carbocycles. The maximum atomic E-state index is 12.8. The Hall–Kier alpha value is -3.51. The maximum Gasteiger partial charge on any atom is 0.240 e. The van der Waals surface area contributed by atoms with E-state index in [0.29, 0.717) is 35.9 Å². The first-order chi connectivity index (χ1) is 16.1. The molecule has 4 aromatic rings. The maximum absolute atomic E-state index is 12.8. The summed E-state index contributed by atoms with van der Waals surface area (Å²) in [5.41, 5.74) is 3.82. The van der Waals surface area contributed by atoms with Crippen molar-refractivity contribution in [2.45, 2.75) is 19.4 Å².